The number of benzene rings is 1. The molecular formula is C18H22F2O. The fraction of sp³-hybridized carbons (Fsp3) is 0.667. The van der Waals surface area contributed by atoms with Crippen molar-refractivity contribution in [3.8, 4) is 5.75 Å². The molecule has 0 aliphatic heterocycles. The van der Waals surface area contributed by atoms with Gasteiger partial charge in [0.2, 0.25) is 0 Å². The van der Waals surface area contributed by atoms with Gasteiger partial charge in [-0.05, 0) is 73.1 Å². The van der Waals surface area contributed by atoms with Crippen LogP contribution in [0.2, 0.25) is 0 Å². The molecule has 1 aromatic rings. The Bertz CT molecular complexity index is 583. The molecule has 2 unspecified atom stereocenters. The van der Waals surface area contributed by atoms with E-state index in [0.29, 0.717) is 30.4 Å². The molecule has 1 nitrogen and oxygen atoms in total. The van der Waals surface area contributed by atoms with E-state index >= 15 is 0 Å². The van der Waals surface area contributed by atoms with Crippen LogP contribution in [0.1, 0.15) is 56.1 Å². The first-order valence-electron chi connectivity index (χ1n) is 8.12. The first kappa shape index (κ1) is 13.5. The molecule has 3 aliphatic carbocycles. The van der Waals surface area contributed by atoms with E-state index in [0.717, 1.165) is 19.3 Å². The number of rotatable bonds is 0. The van der Waals surface area contributed by atoms with Gasteiger partial charge in [0.1, 0.15) is 5.75 Å². The largest absolute Gasteiger partial charge is 0.508 e. The average molecular weight is 292 g/mol. The third-order valence-electron chi connectivity index (χ3n) is 6.70. The Kier molecular flexibility index (Phi) is 2.71. The zero-order valence-corrected chi connectivity index (χ0v) is 12.4. The normalized spacial score (nSPS) is 40.2. The highest BCUT2D eigenvalue weighted by Gasteiger charge is 2.63. The number of fused-ring (bicyclic) bond motifs is 5. The summed E-state index contributed by atoms with van der Waals surface area (Å²) in [5, 5.41) is 9.64. The van der Waals surface area contributed by atoms with Gasteiger partial charge in [0.15, 0.2) is 0 Å². The summed E-state index contributed by atoms with van der Waals surface area (Å²) in [7, 11) is 0. The highest BCUT2D eigenvalue weighted by Crippen LogP contribution is 2.65. The summed E-state index contributed by atoms with van der Waals surface area (Å²) in [6, 6.07) is 5.64. The van der Waals surface area contributed by atoms with Crippen LogP contribution in [0.25, 0.3) is 0 Å². The van der Waals surface area contributed by atoms with Gasteiger partial charge in [-0.2, -0.15) is 0 Å². The molecule has 0 radical (unpaired) electrons. The van der Waals surface area contributed by atoms with Crippen LogP contribution in [0, 0.1) is 17.3 Å². The minimum atomic E-state index is -2.49. The first-order valence-corrected chi connectivity index (χ1v) is 8.12. The molecule has 0 heterocycles. The summed E-state index contributed by atoms with van der Waals surface area (Å²) in [5.74, 6) is -1.19. The van der Waals surface area contributed by atoms with Gasteiger partial charge in [0.25, 0.3) is 5.92 Å². The molecule has 1 N–H and O–H groups in total. The summed E-state index contributed by atoms with van der Waals surface area (Å²) in [6.45, 7) is 1.83. The predicted octanol–water partition coefficient (Wildman–Crippen LogP) is 4.88. The minimum absolute atomic E-state index is 0.0693. The van der Waals surface area contributed by atoms with Gasteiger partial charge in [-0.1, -0.05) is 13.0 Å². The van der Waals surface area contributed by atoms with Gasteiger partial charge in [0, 0.05) is 11.8 Å². The first-order chi connectivity index (χ1) is 9.92. The van der Waals surface area contributed by atoms with Crippen molar-refractivity contribution in [2.24, 2.45) is 17.3 Å². The van der Waals surface area contributed by atoms with Crippen molar-refractivity contribution >= 4 is 0 Å². The summed E-state index contributed by atoms with van der Waals surface area (Å²) in [5.41, 5.74) is 1.74. The Labute approximate surface area is 124 Å². The lowest BCUT2D eigenvalue weighted by Gasteiger charge is -2.50. The van der Waals surface area contributed by atoms with Gasteiger partial charge >= 0.3 is 0 Å². The van der Waals surface area contributed by atoms with E-state index in [-0.39, 0.29) is 12.3 Å². The molecule has 2 saturated carbocycles. The van der Waals surface area contributed by atoms with E-state index in [1.807, 2.05) is 19.1 Å². The van der Waals surface area contributed by atoms with E-state index < -0.39 is 11.3 Å². The molecule has 0 amide bonds. The topological polar surface area (TPSA) is 20.2 Å². The lowest BCUT2D eigenvalue weighted by molar-refractivity contribution is -0.132. The molecule has 4 atom stereocenters. The Morgan fingerprint density at radius 3 is 2.76 bits per heavy atom. The van der Waals surface area contributed by atoms with Crippen LogP contribution in [-0.4, -0.2) is 11.0 Å². The van der Waals surface area contributed by atoms with Crippen molar-refractivity contribution in [1.29, 1.82) is 0 Å². The van der Waals surface area contributed by atoms with E-state index in [1.54, 1.807) is 6.07 Å². The lowest BCUT2D eigenvalue weighted by atomic mass is 9.55. The van der Waals surface area contributed by atoms with Crippen LogP contribution in [0.15, 0.2) is 18.2 Å². The number of alkyl halides is 2. The predicted molar refractivity (Wildman–Crippen MR) is 77.7 cm³/mol. The standard InChI is InChI=1S/C18H22F2O/c1-17-8-6-14-13-5-3-12(21)10-11(13)2-4-15(14)16(17)7-9-18(17,19)20/h3,5,10,14-16,21H,2,4,6-9H2,1H3/t14-,15?,16+,17?/m1/s1. The zero-order valence-electron chi connectivity index (χ0n) is 12.4. The summed E-state index contributed by atoms with van der Waals surface area (Å²) >= 11 is 0. The fourth-order valence-corrected chi connectivity index (χ4v) is 5.50. The number of aryl methyl sites for hydroxylation is 1. The molecule has 0 aromatic heterocycles. The molecule has 3 heteroatoms. The van der Waals surface area contributed by atoms with E-state index in [4.69, 9.17) is 0 Å². The minimum Gasteiger partial charge on any atom is -0.508 e. The van der Waals surface area contributed by atoms with E-state index in [2.05, 4.69) is 0 Å². The molecule has 21 heavy (non-hydrogen) atoms. The lowest BCUT2D eigenvalue weighted by Crippen LogP contribution is -2.46. The van der Waals surface area contributed by atoms with Crippen molar-refractivity contribution in [2.75, 3.05) is 0 Å². The molecule has 114 valence electrons. The Morgan fingerprint density at radius 2 is 1.95 bits per heavy atom. The smallest absolute Gasteiger partial charge is 0.253 e. The van der Waals surface area contributed by atoms with Crippen molar-refractivity contribution in [1.82, 2.24) is 0 Å². The maximum absolute atomic E-state index is 14.3. The van der Waals surface area contributed by atoms with E-state index in [1.165, 1.54) is 11.1 Å². The van der Waals surface area contributed by atoms with Crippen molar-refractivity contribution in [3.63, 3.8) is 0 Å². The highest BCUT2D eigenvalue weighted by molar-refractivity contribution is 5.40. The maximum Gasteiger partial charge on any atom is 0.253 e. The Balaban J connectivity index is 1.72. The summed E-state index contributed by atoms with van der Waals surface area (Å²) in [6.07, 6.45) is 4.16. The SMILES string of the molecule is CC12CC[C@@H]3c4ccc(O)cc4CCC3[C@@H]1CCC2(F)F. The number of aromatic hydroxyl groups is 1. The van der Waals surface area contributed by atoms with Crippen LogP contribution in [0.3, 0.4) is 0 Å². The van der Waals surface area contributed by atoms with Crippen LogP contribution >= 0.6 is 0 Å². The second-order valence-corrected chi connectivity index (χ2v) is 7.50. The molecule has 1 aromatic carbocycles. The second-order valence-electron chi connectivity index (χ2n) is 7.50. The van der Waals surface area contributed by atoms with Crippen molar-refractivity contribution in [2.45, 2.75) is 57.3 Å². The van der Waals surface area contributed by atoms with Crippen LogP contribution < -0.4 is 0 Å². The average Bonchev–Trinajstić information content (AvgIpc) is 2.69. The number of phenolic OH excluding ortho intramolecular Hbond substituents is 1. The van der Waals surface area contributed by atoms with Gasteiger partial charge in [-0.25, -0.2) is 8.78 Å². The van der Waals surface area contributed by atoms with Gasteiger partial charge < -0.3 is 5.11 Å². The Hall–Kier alpha value is -1.12. The molecule has 0 spiro atoms. The quantitative estimate of drug-likeness (QED) is 0.722. The monoisotopic (exact) mass is 292 g/mol. The van der Waals surface area contributed by atoms with E-state index in [9.17, 15) is 13.9 Å². The molecule has 4 rings (SSSR count). The third kappa shape index (κ3) is 1.72. The molecular weight excluding hydrogens is 270 g/mol. The highest BCUT2D eigenvalue weighted by atomic mass is 19.3. The van der Waals surface area contributed by atoms with Gasteiger partial charge in [0.05, 0.1) is 0 Å². The fourth-order valence-electron chi connectivity index (χ4n) is 5.50. The molecule has 2 fully saturated rings. The number of hydrogen-bond donors (Lipinski definition) is 1. The Morgan fingerprint density at radius 1 is 1.14 bits per heavy atom. The molecule has 0 saturated heterocycles. The number of hydrogen-bond acceptors (Lipinski definition) is 1. The summed E-state index contributed by atoms with van der Waals surface area (Å²) in [4.78, 5) is 0. The van der Waals surface area contributed by atoms with Crippen LogP contribution in [0.5, 0.6) is 5.75 Å². The van der Waals surface area contributed by atoms with Gasteiger partial charge in [-0.3, -0.25) is 0 Å². The third-order valence-corrected chi connectivity index (χ3v) is 6.70. The molecule has 3 aliphatic rings. The zero-order chi connectivity index (χ0) is 14.8. The second kappa shape index (κ2) is 4.21. The van der Waals surface area contributed by atoms with Gasteiger partial charge in [-0.15, -0.1) is 0 Å². The molecule has 0 bridgehead atoms. The number of halogens is 2. The number of phenols is 1. The van der Waals surface area contributed by atoms with Crippen LogP contribution in [-0.2, 0) is 6.42 Å². The van der Waals surface area contributed by atoms with Crippen LogP contribution in [0.4, 0.5) is 8.78 Å². The van der Waals surface area contributed by atoms with Crippen molar-refractivity contribution < 1.29 is 13.9 Å². The summed E-state index contributed by atoms with van der Waals surface area (Å²) < 4.78 is 28.7. The van der Waals surface area contributed by atoms with Crippen molar-refractivity contribution in [3.05, 3.63) is 29.3 Å². The maximum atomic E-state index is 14.3.